The molecule has 1 aliphatic carbocycles. The third-order valence-corrected chi connectivity index (χ3v) is 7.78. The average Bonchev–Trinajstić information content (AvgIpc) is 3.42. The van der Waals surface area contributed by atoms with Crippen LogP contribution >= 0.6 is 0 Å². The topological polar surface area (TPSA) is 94.2 Å². The van der Waals surface area contributed by atoms with Crippen LogP contribution in [0.15, 0.2) is 23.1 Å². The Morgan fingerprint density at radius 3 is 2.66 bits per heavy atom. The molecule has 1 atom stereocenters. The molecule has 0 unspecified atom stereocenters. The standard InChI is InChI=1S/C20H28N2O6S/c1-26-16-5-6-17(27-2)18(8-16)29(24,25)22-12-20(13-22)9-15(11-28-20)7-19(23)21-10-14-3-4-14/h5-6,8,14-15H,3-4,7,9-13H2,1-2H3,(H,21,23)/t15-/m0/s1. The maximum atomic E-state index is 13.1. The lowest BCUT2D eigenvalue weighted by Crippen LogP contribution is -2.63. The van der Waals surface area contributed by atoms with Crippen molar-refractivity contribution in [1.29, 1.82) is 0 Å². The number of nitrogens with zero attached hydrogens (tertiary/aromatic N) is 1. The molecular weight excluding hydrogens is 396 g/mol. The van der Waals surface area contributed by atoms with Gasteiger partial charge in [-0.2, -0.15) is 4.31 Å². The van der Waals surface area contributed by atoms with Crippen molar-refractivity contribution in [1.82, 2.24) is 9.62 Å². The summed E-state index contributed by atoms with van der Waals surface area (Å²) in [5.74, 6) is 1.58. The zero-order chi connectivity index (χ0) is 20.6. The molecule has 3 fully saturated rings. The monoisotopic (exact) mass is 424 g/mol. The zero-order valence-corrected chi connectivity index (χ0v) is 17.7. The highest BCUT2D eigenvalue weighted by Crippen LogP contribution is 2.42. The maximum absolute atomic E-state index is 13.1. The van der Waals surface area contributed by atoms with Crippen LogP contribution in [0.4, 0.5) is 0 Å². The highest BCUT2D eigenvalue weighted by molar-refractivity contribution is 7.89. The van der Waals surface area contributed by atoms with E-state index in [2.05, 4.69) is 5.32 Å². The van der Waals surface area contributed by atoms with Crippen molar-refractivity contribution in [2.45, 2.75) is 36.2 Å². The molecule has 1 aromatic rings. The first-order chi connectivity index (χ1) is 13.8. The molecule has 29 heavy (non-hydrogen) atoms. The van der Waals surface area contributed by atoms with Crippen LogP contribution in [0.3, 0.4) is 0 Å². The first kappa shape index (κ1) is 20.4. The summed E-state index contributed by atoms with van der Waals surface area (Å²) in [6, 6.07) is 4.72. The fourth-order valence-corrected chi connectivity index (χ4v) is 5.86. The Morgan fingerprint density at radius 2 is 2.00 bits per heavy atom. The first-order valence-electron chi connectivity index (χ1n) is 9.98. The minimum absolute atomic E-state index is 0.0625. The third kappa shape index (κ3) is 4.22. The van der Waals surface area contributed by atoms with Crippen molar-refractivity contribution in [2.75, 3.05) is 40.5 Å². The summed E-state index contributed by atoms with van der Waals surface area (Å²) in [4.78, 5) is 12.2. The van der Waals surface area contributed by atoms with E-state index in [0.29, 0.717) is 31.1 Å². The minimum Gasteiger partial charge on any atom is -0.497 e. The predicted octanol–water partition coefficient (Wildman–Crippen LogP) is 1.40. The third-order valence-electron chi connectivity index (χ3n) is 5.96. The average molecular weight is 425 g/mol. The second-order valence-corrected chi connectivity index (χ2v) is 10.2. The van der Waals surface area contributed by atoms with Crippen LogP contribution in [0.5, 0.6) is 11.5 Å². The normalized spacial score (nSPS) is 23.6. The molecule has 8 nitrogen and oxygen atoms in total. The highest BCUT2D eigenvalue weighted by Gasteiger charge is 2.54. The summed E-state index contributed by atoms with van der Waals surface area (Å²) in [5, 5.41) is 2.99. The molecule has 2 aliphatic heterocycles. The van der Waals surface area contributed by atoms with E-state index < -0.39 is 15.6 Å². The fourth-order valence-electron chi connectivity index (χ4n) is 4.10. The Labute approximate surface area is 171 Å². The van der Waals surface area contributed by atoms with E-state index in [9.17, 15) is 13.2 Å². The number of rotatable bonds is 8. The van der Waals surface area contributed by atoms with Gasteiger partial charge in [-0.15, -0.1) is 0 Å². The molecular formula is C20H28N2O6S. The molecule has 1 spiro atoms. The number of hydrogen-bond acceptors (Lipinski definition) is 6. The van der Waals surface area contributed by atoms with Gasteiger partial charge >= 0.3 is 0 Å². The summed E-state index contributed by atoms with van der Waals surface area (Å²) in [6.45, 7) is 1.84. The number of carbonyl (C=O) groups is 1. The number of nitrogens with one attached hydrogen (secondary N) is 1. The van der Waals surface area contributed by atoms with Gasteiger partial charge in [-0.05, 0) is 43.2 Å². The van der Waals surface area contributed by atoms with Crippen molar-refractivity contribution in [3.8, 4) is 11.5 Å². The second kappa shape index (κ2) is 7.77. The Hall–Kier alpha value is -1.84. The Kier molecular flexibility index (Phi) is 5.48. The lowest BCUT2D eigenvalue weighted by molar-refractivity contribution is -0.122. The van der Waals surface area contributed by atoms with Crippen molar-refractivity contribution in [3.63, 3.8) is 0 Å². The Bertz CT molecular complexity index is 877. The molecule has 0 bridgehead atoms. The molecule has 3 aliphatic rings. The SMILES string of the molecule is COc1ccc(OC)c(S(=O)(=O)N2CC3(C[C@H](CC(=O)NCC4CC4)CO3)C2)c1. The van der Waals surface area contributed by atoms with Crippen LogP contribution in [0.1, 0.15) is 25.7 Å². The lowest BCUT2D eigenvalue weighted by atomic mass is 9.87. The van der Waals surface area contributed by atoms with E-state index in [1.54, 1.807) is 12.1 Å². The Balaban J connectivity index is 1.36. The van der Waals surface area contributed by atoms with E-state index in [-0.39, 0.29) is 35.6 Å². The van der Waals surface area contributed by atoms with Crippen LogP contribution in [0.25, 0.3) is 0 Å². The molecule has 1 N–H and O–H groups in total. The van der Waals surface area contributed by atoms with Gasteiger partial charge in [0, 0.05) is 32.1 Å². The van der Waals surface area contributed by atoms with E-state index in [1.807, 2.05) is 0 Å². The summed E-state index contributed by atoms with van der Waals surface area (Å²) in [6.07, 6.45) is 3.55. The van der Waals surface area contributed by atoms with Crippen molar-refractivity contribution in [2.24, 2.45) is 11.8 Å². The van der Waals surface area contributed by atoms with Crippen LogP contribution in [0, 0.1) is 11.8 Å². The highest BCUT2D eigenvalue weighted by atomic mass is 32.2. The van der Waals surface area contributed by atoms with Gasteiger partial charge in [0.2, 0.25) is 15.9 Å². The summed E-state index contributed by atoms with van der Waals surface area (Å²) in [7, 11) is -0.792. The number of benzene rings is 1. The fraction of sp³-hybridized carbons (Fsp3) is 0.650. The molecule has 160 valence electrons. The molecule has 1 saturated carbocycles. The smallest absolute Gasteiger partial charge is 0.247 e. The number of hydrogen-bond donors (Lipinski definition) is 1. The minimum atomic E-state index is -3.72. The van der Waals surface area contributed by atoms with Crippen molar-refractivity contribution >= 4 is 15.9 Å². The second-order valence-electron chi connectivity index (χ2n) is 8.31. The summed E-state index contributed by atoms with van der Waals surface area (Å²) in [5.41, 5.74) is -0.486. The molecule has 9 heteroatoms. The van der Waals surface area contributed by atoms with Gasteiger partial charge in [0.05, 0.1) is 26.4 Å². The molecule has 1 amide bonds. The lowest BCUT2D eigenvalue weighted by Gasteiger charge is -2.46. The molecule has 2 heterocycles. The van der Waals surface area contributed by atoms with Crippen LogP contribution < -0.4 is 14.8 Å². The molecule has 4 rings (SSSR count). The number of sulfonamides is 1. The summed E-state index contributed by atoms with van der Waals surface area (Å²) < 4.78 is 43.9. The van der Waals surface area contributed by atoms with Crippen LogP contribution in [-0.4, -0.2) is 64.7 Å². The molecule has 0 radical (unpaired) electrons. The van der Waals surface area contributed by atoms with Crippen LogP contribution in [-0.2, 0) is 19.6 Å². The first-order valence-corrected chi connectivity index (χ1v) is 11.4. The van der Waals surface area contributed by atoms with Crippen molar-refractivity contribution in [3.05, 3.63) is 18.2 Å². The number of ether oxygens (including phenoxy) is 3. The van der Waals surface area contributed by atoms with Gasteiger partial charge in [0.15, 0.2) is 0 Å². The van der Waals surface area contributed by atoms with Gasteiger partial charge in [-0.25, -0.2) is 8.42 Å². The molecule has 1 aromatic carbocycles. The predicted molar refractivity (Wildman–Crippen MR) is 105 cm³/mol. The number of methoxy groups -OCH3 is 2. The van der Waals surface area contributed by atoms with E-state index in [0.717, 1.165) is 6.54 Å². The van der Waals surface area contributed by atoms with E-state index in [4.69, 9.17) is 14.2 Å². The quantitative estimate of drug-likeness (QED) is 0.678. The van der Waals surface area contributed by atoms with Gasteiger partial charge < -0.3 is 19.5 Å². The molecule has 0 aromatic heterocycles. The van der Waals surface area contributed by atoms with Gasteiger partial charge in [-0.1, -0.05) is 0 Å². The zero-order valence-electron chi connectivity index (χ0n) is 16.8. The van der Waals surface area contributed by atoms with E-state index in [1.165, 1.54) is 37.4 Å². The number of amides is 1. The largest absolute Gasteiger partial charge is 0.497 e. The Morgan fingerprint density at radius 1 is 1.24 bits per heavy atom. The van der Waals surface area contributed by atoms with Gasteiger partial charge in [-0.3, -0.25) is 4.79 Å². The van der Waals surface area contributed by atoms with Crippen LogP contribution in [0.2, 0.25) is 0 Å². The van der Waals surface area contributed by atoms with E-state index >= 15 is 0 Å². The maximum Gasteiger partial charge on any atom is 0.247 e. The van der Waals surface area contributed by atoms with Gasteiger partial charge in [0.25, 0.3) is 0 Å². The summed E-state index contributed by atoms with van der Waals surface area (Å²) >= 11 is 0. The van der Waals surface area contributed by atoms with Gasteiger partial charge in [0.1, 0.15) is 16.4 Å². The van der Waals surface area contributed by atoms with Crippen molar-refractivity contribution < 1.29 is 27.4 Å². The molecule has 2 saturated heterocycles. The number of carbonyl (C=O) groups excluding carboxylic acids is 1.